The highest BCUT2D eigenvalue weighted by molar-refractivity contribution is 6.17. The molecule has 0 atom stereocenters. The summed E-state index contributed by atoms with van der Waals surface area (Å²) in [6, 6.07) is 62.7. The van der Waals surface area contributed by atoms with Gasteiger partial charge in [0.25, 0.3) is 0 Å². The Balaban J connectivity index is 1.10. The number of fused-ring (bicyclic) bond motifs is 9. The summed E-state index contributed by atoms with van der Waals surface area (Å²) in [4.78, 5) is 15.7. The van der Waals surface area contributed by atoms with E-state index in [1.54, 1.807) is 0 Å². The zero-order valence-corrected chi connectivity index (χ0v) is 30.4. The van der Waals surface area contributed by atoms with Crippen LogP contribution >= 0.6 is 0 Å². The van der Waals surface area contributed by atoms with Crippen molar-refractivity contribution in [3.05, 3.63) is 182 Å². The Labute approximate surface area is 325 Å². The zero-order chi connectivity index (χ0) is 37.5. The van der Waals surface area contributed by atoms with E-state index in [1.807, 2.05) is 36.4 Å². The number of benzene rings is 8. The molecule has 0 radical (unpaired) electrons. The fraction of sp³-hybridized carbons (Fsp3) is 0. The molecule has 0 bridgehead atoms. The van der Waals surface area contributed by atoms with Crippen molar-refractivity contribution in [1.29, 1.82) is 0 Å². The molecule has 4 heterocycles. The quantitative estimate of drug-likeness (QED) is 0.176. The van der Waals surface area contributed by atoms with E-state index in [0.717, 1.165) is 99.1 Å². The second-order valence-electron chi connectivity index (χ2n) is 14.4. The van der Waals surface area contributed by atoms with Gasteiger partial charge in [0.15, 0.2) is 11.6 Å². The van der Waals surface area contributed by atoms with Gasteiger partial charge in [0, 0.05) is 49.5 Å². The van der Waals surface area contributed by atoms with Crippen LogP contribution < -0.4 is 0 Å². The minimum atomic E-state index is 0.512. The largest absolute Gasteiger partial charge is 0.456 e. The topological polar surface area (TPSA) is 69.9 Å². The van der Waals surface area contributed by atoms with E-state index in [9.17, 15) is 0 Å². The van der Waals surface area contributed by atoms with Gasteiger partial charge in [-0.15, -0.1) is 0 Å². The van der Waals surface area contributed by atoms with Crippen LogP contribution in [-0.4, -0.2) is 19.5 Å². The van der Waals surface area contributed by atoms with Gasteiger partial charge < -0.3 is 8.83 Å². The third-order valence-electron chi connectivity index (χ3n) is 11.1. The first-order valence-electron chi connectivity index (χ1n) is 19.0. The van der Waals surface area contributed by atoms with Crippen LogP contribution in [-0.2, 0) is 0 Å². The molecule has 12 rings (SSSR count). The molecular weight excluding hydrogens is 701 g/mol. The summed E-state index contributed by atoms with van der Waals surface area (Å²) in [7, 11) is 0. The van der Waals surface area contributed by atoms with Crippen LogP contribution in [0.3, 0.4) is 0 Å². The van der Waals surface area contributed by atoms with E-state index in [-0.39, 0.29) is 0 Å². The smallest absolute Gasteiger partial charge is 0.238 e. The van der Waals surface area contributed by atoms with Crippen molar-refractivity contribution in [2.45, 2.75) is 0 Å². The minimum Gasteiger partial charge on any atom is -0.456 e. The molecule has 6 heteroatoms. The Morgan fingerprint density at radius 2 is 0.965 bits per heavy atom. The van der Waals surface area contributed by atoms with Crippen LogP contribution in [0.25, 0.3) is 117 Å². The van der Waals surface area contributed by atoms with Crippen molar-refractivity contribution in [1.82, 2.24) is 19.5 Å². The van der Waals surface area contributed by atoms with Crippen LogP contribution in [0.4, 0.5) is 0 Å². The van der Waals surface area contributed by atoms with Gasteiger partial charge in [-0.1, -0.05) is 133 Å². The summed E-state index contributed by atoms with van der Waals surface area (Å²) in [5.74, 6) is 1.62. The van der Waals surface area contributed by atoms with E-state index in [2.05, 4.69) is 150 Å². The molecule has 6 nitrogen and oxygen atoms in total. The van der Waals surface area contributed by atoms with Gasteiger partial charge in [-0.2, -0.15) is 9.97 Å². The van der Waals surface area contributed by atoms with Crippen LogP contribution in [0.2, 0.25) is 0 Å². The number of rotatable bonds is 5. The maximum Gasteiger partial charge on any atom is 0.238 e. The number of aromatic nitrogens is 4. The van der Waals surface area contributed by atoms with E-state index < -0.39 is 0 Å². The summed E-state index contributed by atoms with van der Waals surface area (Å²) >= 11 is 0. The van der Waals surface area contributed by atoms with E-state index in [4.69, 9.17) is 23.8 Å². The molecule has 0 saturated carbocycles. The van der Waals surface area contributed by atoms with Crippen molar-refractivity contribution in [2.24, 2.45) is 0 Å². The lowest BCUT2D eigenvalue weighted by Crippen LogP contribution is -2.06. The average molecular weight is 731 g/mol. The number of nitrogens with zero attached hydrogens (tertiary/aromatic N) is 4. The molecular formula is C51H30N4O2. The van der Waals surface area contributed by atoms with Crippen LogP contribution in [0.1, 0.15) is 0 Å². The summed E-state index contributed by atoms with van der Waals surface area (Å²) < 4.78 is 15.1. The van der Waals surface area contributed by atoms with Crippen molar-refractivity contribution in [3.8, 4) is 51.0 Å². The van der Waals surface area contributed by atoms with E-state index in [0.29, 0.717) is 17.6 Å². The highest BCUT2D eigenvalue weighted by Gasteiger charge is 2.21. The van der Waals surface area contributed by atoms with Gasteiger partial charge in [0.1, 0.15) is 22.3 Å². The first kappa shape index (κ1) is 31.5. The van der Waals surface area contributed by atoms with Crippen molar-refractivity contribution in [2.75, 3.05) is 0 Å². The molecule has 12 aromatic rings. The molecule has 4 aromatic heterocycles. The second-order valence-corrected chi connectivity index (χ2v) is 14.4. The number of hydrogen-bond acceptors (Lipinski definition) is 5. The second kappa shape index (κ2) is 12.3. The SMILES string of the molecule is c1ccc(-c2cccc(-c3nc(-c4ccc5c(c4)oc4cccc(-c6ccccc6)c45)nc(-n4c5ccccc5c5cc6c(cc54)oc4ccccc46)n3)c2)cc1. The number of hydrogen-bond donors (Lipinski definition) is 0. The van der Waals surface area contributed by atoms with Crippen LogP contribution in [0, 0.1) is 0 Å². The van der Waals surface area contributed by atoms with Crippen molar-refractivity contribution < 1.29 is 8.83 Å². The molecule has 57 heavy (non-hydrogen) atoms. The average Bonchev–Trinajstić information content (AvgIpc) is 3.95. The zero-order valence-electron chi connectivity index (χ0n) is 30.4. The molecule has 266 valence electrons. The molecule has 0 aliphatic carbocycles. The summed E-state index contributed by atoms with van der Waals surface area (Å²) in [6.07, 6.45) is 0. The molecule has 0 fully saturated rings. The Bertz CT molecular complexity index is 3530. The van der Waals surface area contributed by atoms with Crippen molar-refractivity contribution >= 4 is 65.7 Å². The predicted octanol–water partition coefficient (Wildman–Crippen LogP) is 13.4. The lowest BCUT2D eigenvalue weighted by atomic mass is 9.99. The van der Waals surface area contributed by atoms with Gasteiger partial charge in [-0.3, -0.25) is 4.57 Å². The Kier molecular flexibility index (Phi) is 6.83. The molecule has 0 aliphatic rings. The van der Waals surface area contributed by atoms with Crippen molar-refractivity contribution in [3.63, 3.8) is 0 Å². The van der Waals surface area contributed by atoms with E-state index >= 15 is 0 Å². The van der Waals surface area contributed by atoms with Gasteiger partial charge in [0.2, 0.25) is 5.95 Å². The minimum absolute atomic E-state index is 0.512. The highest BCUT2D eigenvalue weighted by atomic mass is 16.3. The fourth-order valence-corrected chi connectivity index (χ4v) is 8.42. The lowest BCUT2D eigenvalue weighted by Gasteiger charge is -2.11. The summed E-state index contributed by atoms with van der Waals surface area (Å²) in [5, 5.41) is 6.48. The molecule has 0 N–H and O–H groups in total. The Morgan fingerprint density at radius 1 is 0.333 bits per heavy atom. The normalized spacial score (nSPS) is 11.9. The molecule has 0 spiro atoms. The Hall–Kier alpha value is -7.83. The molecule has 0 saturated heterocycles. The van der Waals surface area contributed by atoms with Gasteiger partial charge in [-0.25, -0.2) is 4.98 Å². The first-order chi connectivity index (χ1) is 28.2. The molecule has 0 amide bonds. The van der Waals surface area contributed by atoms with Gasteiger partial charge >= 0.3 is 0 Å². The van der Waals surface area contributed by atoms with Gasteiger partial charge in [0.05, 0.1) is 11.0 Å². The van der Waals surface area contributed by atoms with Gasteiger partial charge in [-0.05, 0) is 64.7 Å². The number of para-hydroxylation sites is 2. The maximum absolute atomic E-state index is 6.55. The third-order valence-corrected chi connectivity index (χ3v) is 11.1. The first-order valence-corrected chi connectivity index (χ1v) is 19.0. The summed E-state index contributed by atoms with van der Waals surface area (Å²) in [5.41, 5.74) is 11.4. The van der Waals surface area contributed by atoms with Crippen LogP contribution in [0.15, 0.2) is 191 Å². The highest BCUT2D eigenvalue weighted by Crippen LogP contribution is 2.40. The monoisotopic (exact) mass is 730 g/mol. The summed E-state index contributed by atoms with van der Waals surface area (Å²) in [6.45, 7) is 0. The molecule has 0 unspecified atom stereocenters. The molecule has 0 aliphatic heterocycles. The number of furan rings is 2. The predicted molar refractivity (Wildman–Crippen MR) is 230 cm³/mol. The Morgan fingerprint density at radius 3 is 1.81 bits per heavy atom. The lowest BCUT2D eigenvalue weighted by molar-refractivity contribution is 0.668. The maximum atomic E-state index is 6.55. The molecule has 8 aromatic carbocycles. The van der Waals surface area contributed by atoms with E-state index in [1.165, 1.54) is 0 Å². The standard InChI is InChI=1S/C51H30N4O2/c1-3-13-31(14-4-1)33-17-11-18-34(27-33)49-52-50(35-25-26-39-46(28-35)57-45-24-12-21-36(48(39)45)32-15-5-2-6-16-32)54-51(53-49)55-42-22-9-7-19-37(42)40-29-41-38-20-8-10-23-44(38)56-47(41)30-43(40)55/h1-30H. The fourth-order valence-electron chi connectivity index (χ4n) is 8.42. The van der Waals surface area contributed by atoms with Crippen LogP contribution in [0.5, 0.6) is 0 Å². The third kappa shape index (κ3) is 5.01.